The number of nitrogens with zero attached hydrogens (tertiary/aromatic N) is 3. The number of benzene rings is 1. The summed E-state index contributed by atoms with van der Waals surface area (Å²) >= 11 is 0. The first kappa shape index (κ1) is 16.7. The molecule has 1 unspecified atom stereocenters. The molecule has 0 fully saturated rings. The number of aliphatic hydroxyl groups is 1. The quantitative estimate of drug-likeness (QED) is 0.647. The number of nitro groups is 1. The number of hydrogen-bond donors (Lipinski definition) is 1. The van der Waals surface area contributed by atoms with Crippen LogP contribution in [0.3, 0.4) is 0 Å². The van der Waals surface area contributed by atoms with Crippen LogP contribution in [-0.2, 0) is 12.7 Å². The Hall–Kier alpha value is -2.62. The molecule has 0 saturated carbocycles. The van der Waals surface area contributed by atoms with Crippen molar-refractivity contribution in [3.05, 3.63) is 52.2 Å². The van der Waals surface area contributed by atoms with Gasteiger partial charge in [0.25, 0.3) is 0 Å². The Balaban J connectivity index is 1.91. The first-order valence-electron chi connectivity index (χ1n) is 6.41. The maximum atomic E-state index is 12.6. The molecule has 1 aromatic carbocycles. The Kier molecular flexibility index (Phi) is 4.84. The Morgan fingerprint density at radius 3 is 2.74 bits per heavy atom. The second-order valence-electron chi connectivity index (χ2n) is 4.64. The molecule has 0 radical (unpaired) electrons. The molecule has 0 aliphatic carbocycles. The Morgan fingerprint density at radius 1 is 1.39 bits per heavy atom. The fourth-order valence-electron chi connectivity index (χ4n) is 1.77. The highest BCUT2D eigenvalue weighted by Gasteiger charge is 2.30. The van der Waals surface area contributed by atoms with Gasteiger partial charge in [-0.05, 0) is 23.1 Å². The topological polar surface area (TPSA) is 90.4 Å². The van der Waals surface area contributed by atoms with E-state index in [9.17, 15) is 28.4 Å². The molecule has 2 aromatic rings. The molecule has 0 aliphatic heterocycles. The molecule has 0 bridgehead atoms. The minimum absolute atomic E-state index is 0.0367. The third-order valence-corrected chi connectivity index (χ3v) is 2.82. The number of hydrogen-bond acceptors (Lipinski definition) is 5. The van der Waals surface area contributed by atoms with Crippen LogP contribution < -0.4 is 4.74 Å². The van der Waals surface area contributed by atoms with Crippen LogP contribution in [0.25, 0.3) is 0 Å². The lowest BCUT2D eigenvalue weighted by Gasteiger charge is -2.13. The third-order valence-electron chi connectivity index (χ3n) is 2.82. The van der Waals surface area contributed by atoms with Crippen molar-refractivity contribution in [1.29, 1.82) is 0 Å². The van der Waals surface area contributed by atoms with Gasteiger partial charge in [0.05, 0.1) is 29.5 Å². The summed E-state index contributed by atoms with van der Waals surface area (Å²) in [5.74, 6) is -0.402. The van der Waals surface area contributed by atoms with E-state index in [0.717, 1.165) is 16.8 Å². The molecule has 1 atom stereocenters. The highest BCUT2D eigenvalue weighted by atomic mass is 19.4. The Morgan fingerprint density at radius 2 is 2.13 bits per heavy atom. The van der Waals surface area contributed by atoms with E-state index < -0.39 is 22.8 Å². The summed E-state index contributed by atoms with van der Waals surface area (Å²) in [7, 11) is 0. The maximum Gasteiger partial charge on any atom is 0.416 e. The summed E-state index contributed by atoms with van der Waals surface area (Å²) in [5, 5.41) is 23.8. The van der Waals surface area contributed by atoms with Crippen molar-refractivity contribution >= 4 is 5.82 Å². The number of rotatable bonds is 6. The molecular weight excluding hydrogens is 319 g/mol. The molecular formula is C13H12F3N3O4. The van der Waals surface area contributed by atoms with Gasteiger partial charge >= 0.3 is 12.0 Å². The predicted octanol–water partition coefficient (Wildman–Crippen LogP) is 2.25. The number of aliphatic hydroxyl groups excluding tert-OH is 1. The normalized spacial score (nSPS) is 12.9. The van der Waals surface area contributed by atoms with Crippen LogP contribution >= 0.6 is 0 Å². The van der Waals surface area contributed by atoms with Gasteiger partial charge in [0.15, 0.2) is 0 Å². The molecule has 1 N–H and O–H groups in total. The SMILES string of the molecule is O=[N+]([O-])c1ccn(CC(O)COc2cccc(C(F)(F)F)c2)n1. The molecule has 0 spiro atoms. The van der Waals surface area contributed by atoms with E-state index in [0.29, 0.717) is 0 Å². The first-order chi connectivity index (χ1) is 10.8. The number of aromatic nitrogens is 2. The monoisotopic (exact) mass is 331 g/mol. The van der Waals surface area contributed by atoms with Crippen LogP contribution in [0.15, 0.2) is 36.5 Å². The van der Waals surface area contributed by atoms with Crippen LogP contribution in [0.1, 0.15) is 5.56 Å². The molecule has 0 amide bonds. The van der Waals surface area contributed by atoms with E-state index in [2.05, 4.69) is 5.10 Å². The van der Waals surface area contributed by atoms with Gasteiger partial charge in [-0.2, -0.15) is 17.9 Å². The lowest BCUT2D eigenvalue weighted by Crippen LogP contribution is -2.24. The van der Waals surface area contributed by atoms with Gasteiger partial charge in [-0.3, -0.25) is 0 Å². The molecule has 23 heavy (non-hydrogen) atoms. The van der Waals surface area contributed by atoms with E-state index >= 15 is 0 Å². The van der Waals surface area contributed by atoms with E-state index in [1.165, 1.54) is 24.4 Å². The minimum Gasteiger partial charge on any atom is -0.491 e. The van der Waals surface area contributed by atoms with Gasteiger partial charge in [0.1, 0.15) is 18.5 Å². The van der Waals surface area contributed by atoms with E-state index in [-0.39, 0.29) is 24.7 Å². The average molecular weight is 331 g/mol. The highest BCUT2D eigenvalue weighted by molar-refractivity contribution is 5.30. The standard InChI is InChI=1S/C13H12F3N3O4/c14-13(15,16)9-2-1-3-11(6-9)23-8-10(20)7-18-5-4-12(17-18)19(21)22/h1-6,10,20H,7-8H2. The first-order valence-corrected chi connectivity index (χ1v) is 6.41. The van der Waals surface area contributed by atoms with Crippen LogP contribution in [0.5, 0.6) is 5.75 Å². The molecule has 2 rings (SSSR count). The van der Waals surface area contributed by atoms with Crippen LogP contribution in [0.2, 0.25) is 0 Å². The highest BCUT2D eigenvalue weighted by Crippen LogP contribution is 2.31. The van der Waals surface area contributed by atoms with Crippen molar-refractivity contribution < 1.29 is 27.9 Å². The molecule has 0 saturated heterocycles. The van der Waals surface area contributed by atoms with Crippen LogP contribution in [0, 0.1) is 10.1 Å². The lowest BCUT2D eigenvalue weighted by atomic mass is 10.2. The van der Waals surface area contributed by atoms with Gasteiger partial charge in [0.2, 0.25) is 0 Å². The van der Waals surface area contributed by atoms with Crippen molar-refractivity contribution in [1.82, 2.24) is 9.78 Å². The fraction of sp³-hybridized carbons (Fsp3) is 0.308. The molecule has 1 aromatic heterocycles. The summed E-state index contributed by atoms with van der Waals surface area (Å²) in [6, 6.07) is 5.43. The van der Waals surface area contributed by atoms with Crippen molar-refractivity contribution in [2.75, 3.05) is 6.61 Å². The van der Waals surface area contributed by atoms with Gasteiger partial charge in [-0.1, -0.05) is 6.07 Å². The van der Waals surface area contributed by atoms with Crippen molar-refractivity contribution in [3.8, 4) is 5.75 Å². The van der Waals surface area contributed by atoms with E-state index in [1.54, 1.807) is 0 Å². The van der Waals surface area contributed by atoms with Crippen LogP contribution in [0.4, 0.5) is 19.0 Å². The van der Waals surface area contributed by atoms with Gasteiger partial charge < -0.3 is 20.0 Å². The zero-order chi connectivity index (χ0) is 17.0. The second-order valence-corrected chi connectivity index (χ2v) is 4.64. The van der Waals surface area contributed by atoms with Gasteiger partial charge in [0, 0.05) is 0 Å². The van der Waals surface area contributed by atoms with Crippen molar-refractivity contribution in [2.24, 2.45) is 0 Å². The van der Waals surface area contributed by atoms with Gasteiger partial charge in [-0.25, -0.2) is 0 Å². The largest absolute Gasteiger partial charge is 0.491 e. The molecule has 10 heteroatoms. The Bertz CT molecular complexity index is 687. The number of halogens is 3. The Labute approximate surface area is 128 Å². The molecule has 124 valence electrons. The summed E-state index contributed by atoms with van der Waals surface area (Å²) in [6.45, 7) is -0.373. The third kappa shape index (κ3) is 4.68. The van der Waals surface area contributed by atoms with E-state index in [1.807, 2.05) is 0 Å². The minimum atomic E-state index is -4.48. The zero-order valence-corrected chi connectivity index (χ0v) is 11.6. The number of alkyl halides is 3. The maximum absolute atomic E-state index is 12.6. The summed E-state index contributed by atoms with van der Waals surface area (Å²) in [4.78, 5) is 9.80. The lowest BCUT2D eigenvalue weighted by molar-refractivity contribution is -0.389. The summed E-state index contributed by atoms with van der Waals surface area (Å²) < 4.78 is 43.9. The summed E-state index contributed by atoms with van der Waals surface area (Å²) in [5.41, 5.74) is -0.854. The fourth-order valence-corrected chi connectivity index (χ4v) is 1.77. The second kappa shape index (κ2) is 6.65. The molecule has 0 aliphatic rings. The molecule has 1 heterocycles. The van der Waals surface area contributed by atoms with E-state index in [4.69, 9.17) is 4.74 Å². The summed E-state index contributed by atoms with van der Waals surface area (Å²) in [6.07, 6.45) is -4.26. The number of ether oxygens (including phenoxy) is 1. The van der Waals surface area contributed by atoms with Crippen molar-refractivity contribution in [3.63, 3.8) is 0 Å². The predicted molar refractivity (Wildman–Crippen MR) is 71.8 cm³/mol. The van der Waals surface area contributed by atoms with Crippen molar-refractivity contribution in [2.45, 2.75) is 18.8 Å². The molecule has 7 nitrogen and oxygen atoms in total. The smallest absolute Gasteiger partial charge is 0.416 e. The zero-order valence-electron chi connectivity index (χ0n) is 11.6. The average Bonchev–Trinajstić information content (AvgIpc) is 2.93. The van der Waals surface area contributed by atoms with Crippen LogP contribution in [-0.4, -0.2) is 32.5 Å². The van der Waals surface area contributed by atoms with Gasteiger partial charge in [-0.15, -0.1) is 0 Å².